The molecule has 1 fully saturated rings. The normalized spacial score (nSPS) is 19.7. The highest BCUT2D eigenvalue weighted by Gasteiger charge is 2.25. The van der Waals surface area contributed by atoms with Gasteiger partial charge in [0.2, 0.25) is 5.91 Å². The number of halogens is 1. The van der Waals surface area contributed by atoms with Crippen LogP contribution in [0.25, 0.3) is 11.0 Å². The summed E-state index contributed by atoms with van der Waals surface area (Å²) in [5.41, 5.74) is 2.53. The fourth-order valence-corrected chi connectivity index (χ4v) is 3.18. The molecule has 1 aliphatic heterocycles. The third-order valence-electron chi connectivity index (χ3n) is 2.98. The van der Waals surface area contributed by atoms with Gasteiger partial charge >= 0.3 is 0 Å². The van der Waals surface area contributed by atoms with Gasteiger partial charge in [-0.2, -0.15) is 0 Å². The summed E-state index contributed by atoms with van der Waals surface area (Å²) >= 11 is 7.37. The first-order valence-corrected chi connectivity index (χ1v) is 7.18. The van der Waals surface area contributed by atoms with Crippen LogP contribution in [0.5, 0.6) is 0 Å². The van der Waals surface area contributed by atoms with Crippen molar-refractivity contribution < 1.29 is 4.79 Å². The van der Waals surface area contributed by atoms with E-state index < -0.39 is 0 Å². The summed E-state index contributed by atoms with van der Waals surface area (Å²) in [4.78, 5) is 19.5. The average molecular weight is 294 g/mol. The molecule has 1 aliphatic rings. The van der Waals surface area contributed by atoms with E-state index in [0.717, 1.165) is 34.7 Å². The van der Waals surface area contributed by atoms with Gasteiger partial charge in [-0.1, -0.05) is 29.9 Å². The van der Waals surface area contributed by atoms with E-state index in [9.17, 15) is 4.79 Å². The molecular weight excluding hydrogens is 282 g/mol. The minimum absolute atomic E-state index is 0.000242. The van der Waals surface area contributed by atoms with Gasteiger partial charge in [0.15, 0.2) is 5.16 Å². The van der Waals surface area contributed by atoms with Gasteiger partial charge in [0.05, 0.1) is 16.3 Å². The van der Waals surface area contributed by atoms with Gasteiger partial charge in [-0.25, -0.2) is 4.98 Å². The molecule has 2 heterocycles. The first-order valence-electron chi connectivity index (χ1n) is 5.92. The Hall–Kier alpha value is -1.46. The lowest BCUT2D eigenvalue weighted by Crippen LogP contribution is -2.36. The molecule has 0 spiro atoms. The van der Waals surface area contributed by atoms with Crippen LogP contribution < -0.4 is 5.32 Å². The number of rotatable bonds is 2. The second-order valence-electron chi connectivity index (χ2n) is 4.44. The van der Waals surface area contributed by atoms with Gasteiger partial charge in [0, 0.05) is 10.7 Å². The Kier molecular flexibility index (Phi) is 3.24. The van der Waals surface area contributed by atoms with Crippen LogP contribution in [0, 0.1) is 0 Å². The van der Waals surface area contributed by atoms with Crippen molar-refractivity contribution in [3.63, 3.8) is 0 Å². The average Bonchev–Trinajstić information content (AvgIpc) is 2.74. The molecule has 2 N–H and O–H groups in total. The minimum Gasteiger partial charge on any atom is -0.333 e. The van der Waals surface area contributed by atoms with Gasteiger partial charge in [0.1, 0.15) is 0 Å². The van der Waals surface area contributed by atoms with Gasteiger partial charge in [-0.3, -0.25) is 4.79 Å². The van der Waals surface area contributed by atoms with Gasteiger partial charge in [-0.15, -0.1) is 0 Å². The second kappa shape index (κ2) is 4.90. The van der Waals surface area contributed by atoms with Crippen molar-refractivity contribution in [3.05, 3.63) is 35.5 Å². The third kappa shape index (κ3) is 2.62. The van der Waals surface area contributed by atoms with Gasteiger partial charge in [0.25, 0.3) is 0 Å². The lowest BCUT2D eigenvalue weighted by Gasteiger charge is -2.21. The monoisotopic (exact) mass is 293 g/mol. The molecule has 98 valence electrons. The highest BCUT2D eigenvalue weighted by molar-refractivity contribution is 8.00. The highest BCUT2D eigenvalue weighted by Crippen LogP contribution is 2.29. The first-order chi connectivity index (χ1) is 9.11. The fourth-order valence-electron chi connectivity index (χ4n) is 2.02. The molecule has 0 bridgehead atoms. The number of aromatic amines is 1. The molecule has 6 heteroatoms. The van der Waals surface area contributed by atoms with Crippen molar-refractivity contribution in [2.24, 2.45) is 0 Å². The number of H-pyrrole nitrogens is 1. The lowest BCUT2D eigenvalue weighted by molar-refractivity contribution is -0.120. The van der Waals surface area contributed by atoms with Crippen LogP contribution in [0.4, 0.5) is 0 Å². The maximum Gasteiger partial charge on any atom is 0.237 e. The Labute approximate surface area is 119 Å². The smallest absolute Gasteiger partial charge is 0.237 e. The molecule has 2 aromatic rings. The van der Waals surface area contributed by atoms with Crippen molar-refractivity contribution in [2.75, 3.05) is 0 Å². The van der Waals surface area contributed by atoms with E-state index >= 15 is 0 Å². The van der Waals surface area contributed by atoms with Crippen LogP contribution in [-0.2, 0) is 4.79 Å². The van der Waals surface area contributed by atoms with E-state index in [4.69, 9.17) is 11.6 Å². The summed E-state index contributed by atoms with van der Waals surface area (Å²) in [5, 5.41) is 4.06. The van der Waals surface area contributed by atoms with Gasteiger partial charge in [-0.05, 0) is 31.0 Å². The number of hydrogen-bond acceptors (Lipinski definition) is 3. The zero-order valence-electron chi connectivity index (χ0n) is 10.1. The topological polar surface area (TPSA) is 57.8 Å². The second-order valence-corrected chi connectivity index (χ2v) is 6.07. The SMILES string of the molecule is C=C1CCC(Sc2nc3ccc(Cl)cc3[nH]2)C(=O)N1. The molecule has 1 aromatic heterocycles. The molecule has 1 unspecified atom stereocenters. The summed E-state index contributed by atoms with van der Waals surface area (Å²) in [5.74, 6) is -0.000242. The maximum absolute atomic E-state index is 11.8. The quantitative estimate of drug-likeness (QED) is 0.894. The molecule has 3 rings (SSSR count). The number of amides is 1. The number of benzene rings is 1. The van der Waals surface area contributed by atoms with Crippen LogP contribution in [-0.4, -0.2) is 21.1 Å². The van der Waals surface area contributed by atoms with Crippen molar-refractivity contribution in [1.82, 2.24) is 15.3 Å². The van der Waals surface area contributed by atoms with Crippen molar-refractivity contribution in [1.29, 1.82) is 0 Å². The molecule has 19 heavy (non-hydrogen) atoms. The summed E-state index contributed by atoms with van der Waals surface area (Å²) in [6.07, 6.45) is 1.60. The van der Waals surface area contributed by atoms with Crippen molar-refractivity contribution >= 4 is 40.3 Å². The van der Waals surface area contributed by atoms with E-state index in [2.05, 4.69) is 21.9 Å². The molecule has 1 atom stereocenters. The minimum atomic E-state index is -0.124. The number of thioether (sulfide) groups is 1. The Morgan fingerprint density at radius 2 is 2.32 bits per heavy atom. The number of fused-ring (bicyclic) bond motifs is 1. The Morgan fingerprint density at radius 1 is 1.47 bits per heavy atom. The van der Waals surface area contributed by atoms with E-state index in [1.807, 2.05) is 12.1 Å². The lowest BCUT2D eigenvalue weighted by atomic mass is 10.1. The Bertz CT molecular complexity index is 667. The van der Waals surface area contributed by atoms with E-state index in [1.165, 1.54) is 11.8 Å². The number of hydrogen-bond donors (Lipinski definition) is 2. The molecule has 1 amide bonds. The van der Waals surface area contributed by atoms with E-state index in [-0.39, 0.29) is 11.2 Å². The number of carbonyl (C=O) groups excluding carboxylic acids is 1. The highest BCUT2D eigenvalue weighted by atomic mass is 35.5. The largest absolute Gasteiger partial charge is 0.333 e. The van der Waals surface area contributed by atoms with E-state index in [0.29, 0.717) is 5.02 Å². The summed E-state index contributed by atoms with van der Waals surface area (Å²) in [7, 11) is 0. The van der Waals surface area contributed by atoms with Crippen LogP contribution >= 0.6 is 23.4 Å². The van der Waals surface area contributed by atoms with Crippen molar-refractivity contribution in [2.45, 2.75) is 23.2 Å². The number of carbonyl (C=O) groups is 1. The molecular formula is C13H12ClN3OS. The van der Waals surface area contributed by atoms with Crippen LogP contribution in [0.2, 0.25) is 5.02 Å². The Balaban J connectivity index is 1.81. The summed E-state index contributed by atoms with van der Waals surface area (Å²) in [6, 6.07) is 5.49. The number of piperidine rings is 1. The summed E-state index contributed by atoms with van der Waals surface area (Å²) < 4.78 is 0. The summed E-state index contributed by atoms with van der Waals surface area (Å²) in [6.45, 7) is 3.77. The third-order valence-corrected chi connectivity index (χ3v) is 4.36. The van der Waals surface area contributed by atoms with Gasteiger partial charge < -0.3 is 10.3 Å². The number of aromatic nitrogens is 2. The number of nitrogens with zero attached hydrogens (tertiary/aromatic N) is 1. The van der Waals surface area contributed by atoms with Crippen LogP contribution in [0.1, 0.15) is 12.8 Å². The molecule has 4 nitrogen and oxygen atoms in total. The number of allylic oxidation sites excluding steroid dienone is 1. The van der Waals surface area contributed by atoms with Crippen LogP contribution in [0.15, 0.2) is 35.6 Å². The standard InChI is InChI=1S/C13H12ClN3OS/c1-7-2-5-11(12(18)15-7)19-13-16-9-4-3-8(14)6-10(9)17-13/h3-4,6,11H,1-2,5H2,(H,15,18)(H,16,17). The molecule has 0 saturated carbocycles. The number of nitrogens with one attached hydrogen (secondary N) is 2. The van der Waals surface area contributed by atoms with E-state index in [1.54, 1.807) is 6.07 Å². The Morgan fingerprint density at radius 3 is 3.11 bits per heavy atom. The first kappa shape index (κ1) is 12.6. The maximum atomic E-state index is 11.8. The molecule has 1 saturated heterocycles. The zero-order chi connectivity index (χ0) is 13.4. The number of imidazole rings is 1. The van der Waals surface area contributed by atoms with Crippen molar-refractivity contribution in [3.8, 4) is 0 Å². The fraction of sp³-hybridized carbons (Fsp3) is 0.231. The molecule has 0 radical (unpaired) electrons. The predicted molar refractivity (Wildman–Crippen MR) is 77.3 cm³/mol. The molecule has 0 aliphatic carbocycles. The molecule has 1 aromatic carbocycles. The van der Waals surface area contributed by atoms with Crippen LogP contribution in [0.3, 0.4) is 0 Å². The predicted octanol–water partition coefficient (Wildman–Crippen LogP) is 3.10. The zero-order valence-corrected chi connectivity index (χ0v) is 11.6.